The summed E-state index contributed by atoms with van der Waals surface area (Å²) in [6.07, 6.45) is 1.99. The lowest BCUT2D eigenvalue weighted by Gasteiger charge is -2.18. The first-order valence-electron chi connectivity index (χ1n) is 5.82. The molecule has 1 aliphatic carbocycles. The highest BCUT2D eigenvalue weighted by atomic mass is 79.9. The van der Waals surface area contributed by atoms with Crippen LogP contribution in [-0.2, 0) is 10.0 Å². The van der Waals surface area contributed by atoms with Crippen LogP contribution < -0.4 is 5.14 Å². The second-order valence-corrected chi connectivity index (χ2v) is 7.19. The molecule has 5 nitrogen and oxygen atoms in total. The molecule has 0 aliphatic heterocycles. The molecule has 0 radical (unpaired) electrons. The second kappa shape index (κ2) is 4.88. The standard InChI is InChI=1S/C12H15BrN2O3S/c1-7-10(12(16)15(2)8-3-4-8)5-9(6-11(7)13)19(14,17)18/h5-6,8H,3-4H2,1-2H3,(H2,14,17,18). The average Bonchev–Trinajstić information content (AvgIpc) is 3.13. The second-order valence-electron chi connectivity index (χ2n) is 4.77. The minimum Gasteiger partial charge on any atom is -0.339 e. The molecule has 1 saturated carbocycles. The maximum absolute atomic E-state index is 12.3. The Morgan fingerprint density at radius 3 is 2.47 bits per heavy atom. The molecule has 0 spiro atoms. The van der Waals surface area contributed by atoms with Gasteiger partial charge in [0.1, 0.15) is 0 Å². The van der Waals surface area contributed by atoms with Crippen LogP contribution in [0.25, 0.3) is 0 Å². The minimum absolute atomic E-state index is 0.0579. The number of amides is 1. The Kier molecular flexibility index (Phi) is 3.72. The highest BCUT2D eigenvalue weighted by molar-refractivity contribution is 9.10. The molecule has 1 aliphatic rings. The van der Waals surface area contributed by atoms with Crippen molar-refractivity contribution < 1.29 is 13.2 Å². The molecule has 1 aromatic carbocycles. The number of carbonyl (C=O) groups is 1. The lowest BCUT2D eigenvalue weighted by Crippen LogP contribution is -2.29. The molecule has 2 rings (SSSR count). The molecule has 0 heterocycles. The quantitative estimate of drug-likeness (QED) is 0.903. The van der Waals surface area contributed by atoms with E-state index in [1.165, 1.54) is 12.1 Å². The van der Waals surface area contributed by atoms with Crippen molar-refractivity contribution in [1.29, 1.82) is 0 Å². The Morgan fingerprint density at radius 1 is 1.42 bits per heavy atom. The molecular weight excluding hydrogens is 332 g/mol. The number of nitrogens with zero attached hydrogens (tertiary/aromatic N) is 1. The van der Waals surface area contributed by atoms with Crippen molar-refractivity contribution in [2.24, 2.45) is 5.14 Å². The van der Waals surface area contributed by atoms with Gasteiger partial charge in [-0.05, 0) is 37.5 Å². The summed E-state index contributed by atoms with van der Waals surface area (Å²) >= 11 is 3.27. The molecule has 7 heteroatoms. The fraction of sp³-hybridized carbons (Fsp3) is 0.417. The topological polar surface area (TPSA) is 80.5 Å². The van der Waals surface area contributed by atoms with E-state index >= 15 is 0 Å². The van der Waals surface area contributed by atoms with Crippen LogP contribution in [0.2, 0.25) is 0 Å². The molecule has 0 aromatic heterocycles. The summed E-state index contributed by atoms with van der Waals surface area (Å²) in [4.78, 5) is 13.9. The van der Waals surface area contributed by atoms with Crippen LogP contribution in [0, 0.1) is 6.92 Å². The van der Waals surface area contributed by atoms with Crippen molar-refractivity contribution in [2.75, 3.05) is 7.05 Å². The molecule has 2 N–H and O–H groups in total. The van der Waals surface area contributed by atoms with Crippen LogP contribution >= 0.6 is 15.9 Å². The van der Waals surface area contributed by atoms with Gasteiger partial charge in [-0.15, -0.1) is 0 Å². The summed E-state index contributed by atoms with van der Waals surface area (Å²) in [6, 6.07) is 3.03. The number of hydrogen-bond acceptors (Lipinski definition) is 3. The number of primary sulfonamides is 1. The molecule has 1 aromatic rings. The summed E-state index contributed by atoms with van der Waals surface area (Å²) in [6.45, 7) is 1.77. The SMILES string of the molecule is Cc1c(Br)cc(S(N)(=O)=O)cc1C(=O)N(C)C1CC1. The summed E-state index contributed by atoms with van der Waals surface area (Å²) in [5.74, 6) is -0.175. The van der Waals surface area contributed by atoms with Crippen molar-refractivity contribution in [3.8, 4) is 0 Å². The Hall–Kier alpha value is -0.920. The minimum atomic E-state index is -3.83. The first kappa shape index (κ1) is 14.5. The maximum atomic E-state index is 12.3. The molecule has 0 saturated heterocycles. The van der Waals surface area contributed by atoms with Gasteiger partial charge in [0.2, 0.25) is 10.0 Å². The average molecular weight is 347 g/mol. The van der Waals surface area contributed by atoms with Gasteiger partial charge in [-0.1, -0.05) is 15.9 Å². The summed E-state index contributed by atoms with van der Waals surface area (Å²) in [5, 5.41) is 5.12. The predicted octanol–water partition coefficient (Wildman–Crippen LogP) is 1.64. The Balaban J connectivity index is 2.49. The van der Waals surface area contributed by atoms with Crippen LogP contribution in [0.4, 0.5) is 0 Å². The monoisotopic (exact) mass is 346 g/mol. The molecule has 1 amide bonds. The van der Waals surface area contributed by atoms with Crippen LogP contribution in [0.3, 0.4) is 0 Å². The summed E-state index contributed by atoms with van der Waals surface area (Å²) < 4.78 is 23.4. The zero-order valence-corrected chi connectivity index (χ0v) is 13.1. The number of carbonyl (C=O) groups excluding carboxylic acids is 1. The van der Waals surface area contributed by atoms with Gasteiger partial charge in [0.15, 0.2) is 0 Å². The van der Waals surface area contributed by atoms with E-state index in [4.69, 9.17) is 5.14 Å². The van der Waals surface area contributed by atoms with E-state index in [-0.39, 0.29) is 16.8 Å². The van der Waals surface area contributed by atoms with E-state index in [2.05, 4.69) is 15.9 Å². The van der Waals surface area contributed by atoms with Gasteiger partial charge in [0, 0.05) is 23.1 Å². The van der Waals surface area contributed by atoms with Gasteiger partial charge in [0.05, 0.1) is 4.90 Å². The number of rotatable bonds is 3. The van der Waals surface area contributed by atoms with E-state index in [1.54, 1.807) is 18.9 Å². The number of benzene rings is 1. The summed E-state index contributed by atoms with van der Waals surface area (Å²) in [5.41, 5.74) is 1.08. The Labute approximate surface area is 121 Å². The van der Waals surface area contributed by atoms with Gasteiger partial charge in [-0.2, -0.15) is 0 Å². The molecule has 0 bridgehead atoms. The Morgan fingerprint density at radius 2 is 2.00 bits per heavy atom. The maximum Gasteiger partial charge on any atom is 0.254 e. The van der Waals surface area contributed by atoms with Gasteiger partial charge >= 0.3 is 0 Å². The molecule has 1 fully saturated rings. The molecule has 0 atom stereocenters. The summed E-state index contributed by atoms with van der Waals surface area (Å²) in [7, 11) is -2.10. The number of halogens is 1. The fourth-order valence-corrected chi connectivity index (χ4v) is 3.03. The van der Waals surface area contributed by atoms with E-state index in [0.29, 0.717) is 15.6 Å². The van der Waals surface area contributed by atoms with E-state index < -0.39 is 10.0 Å². The zero-order chi connectivity index (χ0) is 14.4. The first-order chi connectivity index (χ1) is 8.71. The smallest absolute Gasteiger partial charge is 0.254 e. The highest BCUT2D eigenvalue weighted by Crippen LogP contribution is 2.30. The van der Waals surface area contributed by atoms with E-state index in [1.807, 2.05) is 0 Å². The van der Waals surface area contributed by atoms with Crippen molar-refractivity contribution in [3.63, 3.8) is 0 Å². The van der Waals surface area contributed by atoms with Crippen LogP contribution in [0.5, 0.6) is 0 Å². The van der Waals surface area contributed by atoms with E-state index in [0.717, 1.165) is 12.8 Å². The molecule has 19 heavy (non-hydrogen) atoms. The number of nitrogens with two attached hydrogens (primary N) is 1. The Bertz CT molecular complexity index is 639. The van der Waals surface area contributed by atoms with Crippen molar-refractivity contribution in [3.05, 3.63) is 27.7 Å². The molecular formula is C12H15BrN2O3S. The van der Waals surface area contributed by atoms with Crippen molar-refractivity contribution in [2.45, 2.75) is 30.7 Å². The first-order valence-corrected chi connectivity index (χ1v) is 8.16. The molecule has 104 valence electrons. The third kappa shape index (κ3) is 2.98. The molecule has 0 unspecified atom stereocenters. The van der Waals surface area contributed by atoms with Crippen molar-refractivity contribution >= 4 is 31.9 Å². The van der Waals surface area contributed by atoms with Gasteiger partial charge in [0.25, 0.3) is 5.91 Å². The van der Waals surface area contributed by atoms with E-state index in [9.17, 15) is 13.2 Å². The van der Waals surface area contributed by atoms with Crippen LogP contribution in [0.15, 0.2) is 21.5 Å². The third-order valence-corrected chi connectivity index (χ3v) is 5.01. The van der Waals surface area contributed by atoms with Crippen LogP contribution in [0.1, 0.15) is 28.8 Å². The van der Waals surface area contributed by atoms with Gasteiger partial charge in [-0.25, -0.2) is 13.6 Å². The van der Waals surface area contributed by atoms with Gasteiger partial charge in [-0.3, -0.25) is 4.79 Å². The zero-order valence-electron chi connectivity index (χ0n) is 10.7. The van der Waals surface area contributed by atoms with Crippen LogP contribution in [-0.4, -0.2) is 32.3 Å². The largest absolute Gasteiger partial charge is 0.339 e. The normalized spacial score (nSPS) is 15.4. The number of hydrogen-bond donors (Lipinski definition) is 1. The highest BCUT2D eigenvalue weighted by Gasteiger charge is 2.31. The third-order valence-electron chi connectivity index (χ3n) is 3.29. The van der Waals surface area contributed by atoms with Crippen molar-refractivity contribution in [1.82, 2.24) is 4.90 Å². The lowest BCUT2D eigenvalue weighted by atomic mass is 10.1. The fourth-order valence-electron chi connectivity index (χ4n) is 1.86. The van der Waals surface area contributed by atoms with Gasteiger partial charge < -0.3 is 4.90 Å². The number of sulfonamides is 1. The lowest BCUT2D eigenvalue weighted by molar-refractivity contribution is 0.0784. The predicted molar refractivity (Wildman–Crippen MR) is 75.4 cm³/mol.